The van der Waals surface area contributed by atoms with Crippen LogP contribution in [0.3, 0.4) is 0 Å². The standard InChI is InChI=1S/C20H21N5O2S/c1-3-27-19(26)14-11-22-25(20-23-15-7-4-5-8-16(15)24-20)17(14)12-21-13(2)18-9-6-10-28-18/h4-11,13,21H,3,12H2,1-2H3,(H,23,24). The molecule has 4 aromatic rings. The Bertz CT molecular complexity index is 1050. The van der Waals surface area contributed by atoms with Crippen molar-refractivity contribution in [2.45, 2.75) is 26.4 Å². The van der Waals surface area contributed by atoms with Crippen molar-refractivity contribution in [3.63, 3.8) is 0 Å². The van der Waals surface area contributed by atoms with Crippen LogP contribution >= 0.6 is 11.3 Å². The van der Waals surface area contributed by atoms with Gasteiger partial charge in [0.05, 0.1) is 29.5 Å². The van der Waals surface area contributed by atoms with E-state index in [1.54, 1.807) is 22.9 Å². The van der Waals surface area contributed by atoms with Crippen molar-refractivity contribution in [3.8, 4) is 5.95 Å². The van der Waals surface area contributed by atoms with Crippen LogP contribution in [0.4, 0.5) is 0 Å². The first-order valence-corrected chi connectivity index (χ1v) is 10.0. The van der Waals surface area contributed by atoms with Crippen molar-refractivity contribution >= 4 is 28.3 Å². The first kappa shape index (κ1) is 18.4. The number of hydrogen-bond donors (Lipinski definition) is 2. The number of nitrogens with one attached hydrogen (secondary N) is 2. The topological polar surface area (TPSA) is 84.8 Å². The second kappa shape index (κ2) is 7.95. The van der Waals surface area contributed by atoms with Crippen LogP contribution in [0.25, 0.3) is 17.0 Å². The lowest BCUT2D eigenvalue weighted by Gasteiger charge is -2.14. The molecule has 144 valence electrons. The molecule has 0 saturated carbocycles. The fraction of sp³-hybridized carbons (Fsp3) is 0.250. The molecule has 7 nitrogen and oxygen atoms in total. The summed E-state index contributed by atoms with van der Waals surface area (Å²) in [5, 5.41) is 9.93. The van der Waals surface area contributed by atoms with Gasteiger partial charge in [-0.15, -0.1) is 11.3 Å². The first-order chi connectivity index (χ1) is 13.7. The Hall–Kier alpha value is -2.97. The lowest BCUT2D eigenvalue weighted by molar-refractivity contribution is 0.0524. The summed E-state index contributed by atoms with van der Waals surface area (Å²) in [5.74, 6) is 0.183. The highest BCUT2D eigenvalue weighted by Crippen LogP contribution is 2.21. The lowest BCUT2D eigenvalue weighted by Crippen LogP contribution is -2.22. The van der Waals surface area contributed by atoms with Crippen LogP contribution in [-0.4, -0.2) is 32.3 Å². The maximum absolute atomic E-state index is 12.4. The van der Waals surface area contributed by atoms with E-state index in [2.05, 4.69) is 38.8 Å². The minimum absolute atomic E-state index is 0.147. The average Bonchev–Trinajstić information content (AvgIpc) is 3.44. The minimum Gasteiger partial charge on any atom is -0.462 e. The maximum Gasteiger partial charge on any atom is 0.341 e. The van der Waals surface area contributed by atoms with Crippen molar-refractivity contribution in [1.29, 1.82) is 0 Å². The Kier molecular flexibility index (Phi) is 5.23. The highest BCUT2D eigenvalue weighted by atomic mass is 32.1. The van der Waals surface area contributed by atoms with Gasteiger partial charge in [0.1, 0.15) is 5.56 Å². The zero-order valence-corrected chi connectivity index (χ0v) is 16.5. The van der Waals surface area contributed by atoms with Crippen LogP contribution in [0.15, 0.2) is 48.0 Å². The molecule has 3 aromatic heterocycles. The molecule has 1 aromatic carbocycles. The summed E-state index contributed by atoms with van der Waals surface area (Å²) < 4.78 is 6.87. The molecule has 2 N–H and O–H groups in total. The summed E-state index contributed by atoms with van der Waals surface area (Å²) in [7, 11) is 0. The smallest absolute Gasteiger partial charge is 0.341 e. The highest BCUT2D eigenvalue weighted by Gasteiger charge is 2.21. The number of fused-ring (bicyclic) bond motifs is 1. The van der Waals surface area contributed by atoms with E-state index in [4.69, 9.17) is 4.74 Å². The summed E-state index contributed by atoms with van der Waals surface area (Å²) in [6, 6.07) is 12.0. The maximum atomic E-state index is 12.4. The number of para-hydroxylation sites is 2. The van der Waals surface area contributed by atoms with E-state index < -0.39 is 0 Å². The number of rotatable bonds is 7. The lowest BCUT2D eigenvalue weighted by atomic mass is 10.2. The molecule has 0 saturated heterocycles. The molecule has 28 heavy (non-hydrogen) atoms. The van der Waals surface area contributed by atoms with Gasteiger partial charge in [-0.1, -0.05) is 18.2 Å². The number of hydrogen-bond acceptors (Lipinski definition) is 6. The molecular weight excluding hydrogens is 374 g/mol. The van der Waals surface area contributed by atoms with E-state index in [-0.39, 0.29) is 12.0 Å². The van der Waals surface area contributed by atoms with E-state index in [1.807, 2.05) is 30.3 Å². The van der Waals surface area contributed by atoms with Gasteiger partial charge in [-0.3, -0.25) is 0 Å². The Balaban J connectivity index is 1.68. The average molecular weight is 395 g/mol. The second-order valence-corrected chi connectivity index (χ2v) is 7.31. The SMILES string of the molecule is CCOC(=O)c1cnn(-c2nc3ccccc3[nH]2)c1CNC(C)c1cccs1. The first-order valence-electron chi connectivity index (χ1n) is 9.13. The Morgan fingerprint density at radius 2 is 2.18 bits per heavy atom. The van der Waals surface area contributed by atoms with Crippen LogP contribution in [-0.2, 0) is 11.3 Å². The summed E-state index contributed by atoms with van der Waals surface area (Å²) in [4.78, 5) is 21.5. The van der Waals surface area contributed by atoms with Crippen LogP contribution in [0.5, 0.6) is 0 Å². The quantitative estimate of drug-likeness (QED) is 0.465. The number of ether oxygens (including phenoxy) is 1. The summed E-state index contributed by atoms with van der Waals surface area (Å²) in [6.07, 6.45) is 1.54. The van der Waals surface area contributed by atoms with E-state index in [9.17, 15) is 4.79 Å². The molecule has 4 rings (SSSR count). The largest absolute Gasteiger partial charge is 0.462 e. The summed E-state index contributed by atoms with van der Waals surface area (Å²) in [5.41, 5.74) is 2.90. The number of aromatic nitrogens is 4. The number of H-pyrrole nitrogens is 1. The van der Waals surface area contributed by atoms with Gasteiger partial charge in [0.25, 0.3) is 0 Å². The molecule has 0 aliphatic rings. The monoisotopic (exact) mass is 395 g/mol. The van der Waals surface area contributed by atoms with Gasteiger partial charge in [-0.2, -0.15) is 5.10 Å². The van der Waals surface area contributed by atoms with Crippen LogP contribution < -0.4 is 5.32 Å². The molecule has 3 heterocycles. The summed E-state index contributed by atoms with van der Waals surface area (Å²) in [6.45, 7) is 4.65. The van der Waals surface area contributed by atoms with Gasteiger partial charge in [0.15, 0.2) is 0 Å². The molecular formula is C20H21N5O2S. The van der Waals surface area contributed by atoms with Crippen molar-refractivity contribution < 1.29 is 9.53 Å². The van der Waals surface area contributed by atoms with Gasteiger partial charge in [0.2, 0.25) is 5.95 Å². The normalized spacial score (nSPS) is 12.4. The molecule has 1 unspecified atom stereocenters. The zero-order chi connectivity index (χ0) is 19.5. The minimum atomic E-state index is -0.384. The predicted octanol–water partition coefficient (Wildman–Crippen LogP) is 3.84. The van der Waals surface area contributed by atoms with Crippen LogP contribution in [0.1, 0.15) is 40.8 Å². The van der Waals surface area contributed by atoms with Crippen LogP contribution in [0, 0.1) is 0 Å². The number of carbonyl (C=O) groups excluding carboxylic acids is 1. The number of esters is 1. The number of aromatic amines is 1. The molecule has 0 fully saturated rings. The van der Waals surface area contributed by atoms with Gasteiger partial charge in [-0.25, -0.2) is 14.5 Å². The third-order valence-electron chi connectivity index (χ3n) is 4.49. The second-order valence-electron chi connectivity index (χ2n) is 6.33. The number of imidazole rings is 1. The number of benzene rings is 1. The molecule has 0 aliphatic heterocycles. The third-order valence-corrected chi connectivity index (χ3v) is 5.54. The van der Waals surface area contributed by atoms with Crippen molar-refractivity contribution in [1.82, 2.24) is 25.1 Å². The number of carbonyl (C=O) groups is 1. The predicted molar refractivity (Wildman–Crippen MR) is 109 cm³/mol. The van der Waals surface area contributed by atoms with Gasteiger partial charge in [0, 0.05) is 17.5 Å². The van der Waals surface area contributed by atoms with E-state index in [1.165, 1.54) is 11.1 Å². The van der Waals surface area contributed by atoms with Crippen molar-refractivity contribution in [2.75, 3.05) is 6.61 Å². The van der Waals surface area contributed by atoms with E-state index in [0.29, 0.717) is 30.4 Å². The molecule has 0 aliphatic carbocycles. The zero-order valence-electron chi connectivity index (χ0n) is 15.7. The molecule has 0 radical (unpaired) electrons. The fourth-order valence-corrected chi connectivity index (χ4v) is 3.79. The fourth-order valence-electron chi connectivity index (χ4n) is 3.03. The third kappa shape index (κ3) is 3.56. The van der Waals surface area contributed by atoms with Crippen molar-refractivity contribution in [2.24, 2.45) is 0 Å². The van der Waals surface area contributed by atoms with Gasteiger partial charge < -0.3 is 15.0 Å². The molecule has 8 heteroatoms. The van der Waals surface area contributed by atoms with E-state index >= 15 is 0 Å². The van der Waals surface area contributed by atoms with Crippen molar-refractivity contribution in [3.05, 3.63) is 64.1 Å². The van der Waals surface area contributed by atoms with Gasteiger partial charge >= 0.3 is 5.97 Å². The number of nitrogens with zero attached hydrogens (tertiary/aromatic N) is 3. The van der Waals surface area contributed by atoms with Gasteiger partial charge in [-0.05, 0) is 37.4 Å². The highest BCUT2D eigenvalue weighted by molar-refractivity contribution is 7.10. The Labute approximate surface area is 166 Å². The molecule has 0 amide bonds. The molecule has 1 atom stereocenters. The summed E-state index contributed by atoms with van der Waals surface area (Å²) >= 11 is 1.70. The Morgan fingerprint density at radius 1 is 1.32 bits per heavy atom. The number of thiophene rings is 1. The molecule has 0 bridgehead atoms. The van der Waals surface area contributed by atoms with Crippen LogP contribution in [0.2, 0.25) is 0 Å². The Morgan fingerprint density at radius 3 is 2.93 bits per heavy atom. The molecule has 0 spiro atoms. The van der Waals surface area contributed by atoms with E-state index in [0.717, 1.165) is 11.0 Å².